The molecule has 252 valence electrons. The fourth-order valence-corrected chi connectivity index (χ4v) is 5.76. The van der Waals surface area contributed by atoms with Crippen LogP contribution in [0.4, 0.5) is 16.2 Å². The number of benzene rings is 1. The summed E-state index contributed by atoms with van der Waals surface area (Å²) in [4.78, 5) is 39.3. The molecule has 0 spiro atoms. The molecule has 0 aliphatic carbocycles. The van der Waals surface area contributed by atoms with Crippen molar-refractivity contribution in [1.29, 1.82) is 0 Å². The number of rotatable bonds is 5. The highest BCUT2D eigenvalue weighted by atomic mass is 16.6. The first-order valence-electron chi connectivity index (χ1n) is 15.3. The molecular weight excluding hydrogens is 594 g/mol. The fraction of sp³-hybridized carbons (Fsp3) is 0.500. The lowest BCUT2D eigenvalue weighted by Crippen LogP contribution is -2.40. The quantitative estimate of drug-likeness (QED) is 0.272. The summed E-state index contributed by atoms with van der Waals surface area (Å²) in [5, 5.41) is 25.7. The second kappa shape index (κ2) is 16.4. The van der Waals surface area contributed by atoms with Crippen LogP contribution in [-0.4, -0.2) is 79.9 Å². The lowest BCUT2D eigenvalue weighted by molar-refractivity contribution is -0.121. The number of aliphatic hydroxyl groups excluding tert-OH is 1. The third-order valence-electron chi connectivity index (χ3n) is 8.30. The van der Waals surface area contributed by atoms with Gasteiger partial charge in [0.05, 0.1) is 29.7 Å². The van der Waals surface area contributed by atoms with E-state index >= 15 is 0 Å². The number of anilines is 2. The van der Waals surface area contributed by atoms with Crippen molar-refractivity contribution in [3.63, 3.8) is 0 Å². The van der Waals surface area contributed by atoms with Crippen molar-refractivity contribution in [1.82, 2.24) is 0 Å². The smallest absolute Gasteiger partial charge is 0.405 e. The first-order chi connectivity index (χ1) is 21.8. The predicted molar refractivity (Wildman–Crippen MR) is 175 cm³/mol. The van der Waals surface area contributed by atoms with Crippen molar-refractivity contribution in [3.05, 3.63) is 59.7 Å². The zero-order valence-corrected chi connectivity index (χ0v) is 27.4. The van der Waals surface area contributed by atoms with Gasteiger partial charge in [-0.05, 0) is 38.2 Å². The number of hydrogen-bond donors (Lipinski definition) is 4. The molecule has 6 atom stereocenters. The molecule has 2 aliphatic heterocycles. The van der Waals surface area contributed by atoms with Gasteiger partial charge in [0.15, 0.2) is 6.61 Å². The normalized spacial score (nSPS) is 29.5. The number of phenolic OH excluding ortho intramolecular Hbond substituents is 1. The number of ether oxygens (including phenoxy) is 4. The molecule has 12 heteroatoms. The molecule has 1 aromatic rings. The Balaban J connectivity index is 2.14. The van der Waals surface area contributed by atoms with Crippen LogP contribution in [0, 0.1) is 11.8 Å². The number of nitrogens with two attached hydrogens (primary N) is 1. The number of nitrogens with one attached hydrogen (secondary N) is 1. The summed E-state index contributed by atoms with van der Waals surface area (Å²) in [6, 6.07) is 1.51. The molecule has 5 N–H and O–H groups in total. The maximum atomic E-state index is 13.2. The molecule has 3 amide bonds. The largest absolute Gasteiger partial charge is 0.505 e. The Morgan fingerprint density at radius 3 is 2.57 bits per heavy atom. The van der Waals surface area contributed by atoms with Crippen molar-refractivity contribution in [2.45, 2.75) is 71.4 Å². The fourth-order valence-electron chi connectivity index (χ4n) is 5.76. The lowest BCUT2D eigenvalue weighted by atomic mass is 9.87. The molecule has 3 rings (SSSR count). The number of carbonyl (C=O) groups excluding carboxylic acids is 3. The molecule has 0 fully saturated rings. The maximum absolute atomic E-state index is 13.2. The van der Waals surface area contributed by atoms with Crippen molar-refractivity contribution >= 4 is 29.3 Å². The Labute approximate surface area is 270 Å². The highest BCUT2D eigenvalue weighted by Gasteiger charge is 2.33. The highest BCUT2D eigenvalue weighted by Crippen LogP contribution is 2.46. The van der Waals surface area contributed by atoms with Gasteiger partial charge < -0.3 is 45.1 Å². The van der Waals surface area contributed by atoms with Gasteiger partial charge in [-0.2, -0.15) is 0 Å². The number of fused-ring (bicyclic) bond motifs is 4. The number of primary amides is 1. The summed E-state index contributed by atoms with van der Waals surface area (Å²) >= 11 is 0. The lowest BCUT2D eigenvalue weighted by Gasteiger charge is -2.33. The van der Waals surface area contributed by atoms with E-state index in [1.54, 1.807) is 38.2 Å². The minimum absolute atomic E-state index is 0.128. The van der Waals surface area contributed by atoms with Crippen LogP contribution in [0.5, 0.6) is 11.5 Å². The summed E-state index contributed by atoms with van der Waals surface area (Å²) in [5.41, 5.74) is 7.33. The van der Waals surface area contributed by atoms with Gasteiger partial charge in [-0.25, -0.2) is 4.79 Å². The second-order valence-corrected chi connectivity index (χ2v) is 11.9. The number of aromatic hydroxyl groups is 1. The van der Waals surface area contributed by atoms with Crippen molar-refractivity contribution in [3.8, 4) is 11.5 Å². The third-order valence-corrected chi connectivity index (χ3v) is 8.30. The Morgan fingerprint density at radius 2 is 1.93 bits per heavy atom. The Hall–Kier alpha value is -4.13. The average Bonchev–Trinajstić information content (AvgIpc) is 3.01. The van der Waals surface area contributed by atoms with Gasteiger partial charge in [0.1, 0.15) is 17.6 Å². The van der Waals surface area contributed by atoms with Crippen LogP contribution in [0.15, 0.2) is 54.2 Å². The summed E-state index contributed by atoms with van der Waals surface area (Å²) in [6.45, 7) is 11.0. The molecule has 0 saturated carbocycles. The first-order valence-corrected chi connectivity index (χ1v) is 15.3. The molecule has 46 heavy (non-hydrogen) atoms. The molecule has 12 nitrogen and oxygen atoms in total. The average molecular weight is 642 g/mol. The number of hydrogen-bond acceptors (Lipinski definition) is 9. The number of nitrogens with zero attached hydrogens (tertiary/aromatic N) is 1. The van der Waals surface area contributed by atoms with Gasteiger partial charge in [-0.1, -0.05) is 44.2 Å². The van der Waals surface area contributed by atoms with E-state index in [-0.39, 0.29) is 49.3 Å². The summed E-state index contributed by atoms with van der Waals surface area (Å²) in [7, 11) is 3.02. The van der Waals surface area contributed by atoms with E-state index in [1.165, 1.54) is 25.2 Å². The number of aliphatic hydroxyl groups is 1. The van der Waals surface area contributed by atoms with Gasteiger partial charge >= 0.3 is 6.09 Å². The minimum atomic E-state index is -0.942. The molecule has 0 aromatic heterocycles. The van der Waals surface area contributed by atoms with Gasteiger partial charge in [-0.3, -0.25) is 9.59 Å². The van der Waals surface area contributed by atoms with Gasteiger partial charge in [0, 0.05) is 50.3 Å². The van der Waals surface area contributed by atoms with E-state index in [4.69, 9.17) is 24.7 Å². The highest BCUT2D eigenvalue weighted by molar-refractivity contribution is 6.06. The van der Waals surface area contributed by atoms with Crippen LogP contribution in [0.3, 0.4) is 0 Å². The number of carbonyl (C=O) groups is 3. The first kappa shape index (κ1) is 36.3. The monoisotopic (exact) mass is 641 g/mol. The molecule has 2 bridgehead atoms. The van der Waals surface area contributed by atoms with Crippen LogP contribution in [0.25, 0.3) is 0 Å². The summed E-state index contributed by atoms with van der Waals surface area (Å²) < 4.78 is 22.5. The Morgan fingerprint density at radius 1 is 1.22 bits per heavy atom. The minimum Gasteiger partial charge on any atom is -0.505 e. The molecular formula is C34H47N3O9. The van der Waals surface area contributed by atoms with E-state index in [1.807, 2.05) is 19.9 Å². The molecule has 0 saturated heterocycles. The predicted octanol–water partition coefficient (Wildman–Crippen LogP) is 4.15. The van der Waals surface area contributed by atoms with Crippen molar-refractivity contribution in [2.75, 3.05) is 37.6 Å². The summed E-state index contributed by atoms with van der Waals surface area (Å²) in [5.74, 6) is -1.19. The van der Waals surface area contributed by atoms with Gasteiger partial charge in [0.2, 0.25) is 0 Å². The van der Waals surface area contributed by atoms with Crippen molar-refractivity contribution in [2.24, 2.45) is 17.6 Å². The number of amides is 3. The summed E-state index contributed by atoms with van der Waals surface area (Å²) in [6.07, 6.45) is 5.52. The molecule has 2 heterocycles. The van der Waals surface area contributed by atoms with Gasteiger partial charge in [-0.15, -0.1) is 6.58 Å². The van der Waals surface area contributed by atoms with E-state index in [0.717, 1.165) is 0 Å². The standard InChI is InChI=1S/C34H47N3O9/c1-8-12-37-29(38)18-45-27-17-25-32(40)24(30(27)37)13-19(2)14-28(44-7)31(39)22(5)15-21(4)26(46-34(35)42)16-23(43-6)11-9-10-20(3)33(41)36-25/h8-11,15,17,19,22-23,26,28,31,39-40H,1,12-14,16,18H2,2-7H3,(H2,35,42)(H,36,41)/b11-9-,20-10+,21-15+/t19-,22+,23+,26-,28+,31-/m1/s1. The topological polar surface area (TPSA) is 170 Å². The zero-order chi connectivity index (χ0) is 34.1. The Bertz CT molecular complexity index is 1390. The van der Waals surface area contributed by atoms with E-state index in [9.17, 15) is 24.6 Å². The zero-order valence-electron chi connectivity index (χ0n) is 27.4. The molecule has 1 aromatic carbocycles. The molecule has 0 radical (unpaired) electrons. The van der Waals surface area contributed by atoms with E-state index in [2.05, 4.69) is 11.9 Å². The van der Waals surface area contributed by atoms with E-state index in [0.29, 0.717) is 34.6 Å². The van der Waals surface area contributed by atoms with Crippen LogP contribution in [-0.2, 0) is 30.2 Å². The SMILES string of the molecule is C=CCN1C(=O)COc2cc3c(O)c(c21)C[C@@H](C)C[C@H](OC)[C@H](O)[C@@H](C)/C=C(\C)[C@H](OC(N)=O)C[C@@H](OC)/C=C\C=C(/C)C(=O)N3. The number of phenols is 1. The number of allylic oxidation sites excluding steroid dienone is 2. The van der Waals surface area contributed by atoms with Crippen LogP contribution < -0.4 is 20.7 Å². The van der Waals surface area contributed by atoms with Gasteiger partial charge in [0.25, 0.3) is 11.8 Å². The van der Waals surface area contributed by atoms with Crippen molar-refractivity contribution < 1.29 is 43.5 Å². The van der Waals surface area contributed by atoms with Crippen LogP contribution in [0.2, 0.25) is 0 Å². The number of methoxy groups -OCH3 is 2. The van der Waals surface area contributed by atoms with E-state index < -0.39 is 42.3 Å². The molecule has 2 aliphatic rings. The Kier molecular flexibility index (Phi) is 13.0. The molecule has 0 unspecified atom stereocenters. The maximum Gasteiger partial charge on any atom is 0.405 e. The third kappa shape index (κ3) is 8.99. The van der Waals surface area contributed by atoms with Crippen LogP contribution in [0.1, 0.15) is 46.1 Å². The van der Waals surface area contributed by atoms with Crippen LogP contribution >= 0.6 is 0 Å². The second-order valence-electron chi connectivity index (χ2n) is 11.9.